The summed E-state index contributed by atoms with van der Waals surface area (Å²) in [5.74, 6) is 0.341. The van der Waals surface area contributed by atoms with E-state index in [9.17, 15) is 4.79 Å². The van der Waals surface area contributed by atoms with Crippen molar-refractivity contribution in [3.05, 3.63) is 71.4 Å². The number of rotatable bonds is 5. The monoisotopic (exact) mass is 451 g/mol. The predicted molar refractivity (Wildman–Crippen MR) is 123 cm³/mol. The van der Waals surface area contributed by atoms with Gasteiger partial charge in [0, 0.05) is 41.4 Å². The molecule has 3 aromatic rings. The Kier molecular flexibility index (Phi) is 6.26. The summed E-state index contributed by atoms with van der Waals surface area (Å²) in [6.45, 7) is 2.72. The smallest absolute Gasteiger partial charge is 0.227 e. The van der Waals surface area contributed by atoms with Crippen molar-refractivity contribution < 1.29 is 14.3 Å². The Bertz CT molecular complexity index is 1060. The molecular formula is C25H26ClN3O3. The summed E-state index contributed by atoms with van der Waals surface area (Å²) in [6, 6.07) is 17.5. The van der Waals surface area contributed by atoms with Gasteiger partial charge in [-0.2, -0.15) is 5.10 Å². The van der Waals surface area contributed by atoms with Crippen LogP contribution in [0.2, 0.25) is 5.02 Å². The van der Waals surface area contributed by atoms with Crippen LogP contribution in [-0.4, -0.2) is 53.2 Å². The van der Waals surface area contributed by atoms with Gasteiger partial charge in [0.1, 0.15) is 0 Å². The van der Waals surface area contributed by atoms with Gasteiger partial charge in [0.05, 0.1) is 31.0 Å². The minimum Gasteiger partial charge on any atom is -0.350 e. The second-order valence-electron chi connectivity index (χ2n) is 8.32. The van der Waals surface area contributed by atoms with Crippen LogP contribution in [0.1, 0.15) is 18.4 Å². The molecule has 5 rings (SSSR count). The van der Waals surface area contributed by atoms with Crippen LogP contribution in [0.25, 0.3) is 16.9 Å². The van der Waals surface area contributed by atoms with Crippen LogP contribution in [0, 0.1) is 5.92 Å². The van der Waals surface area contributed by atoms with Gasteiger partial charge < -0.3 is 14.4 Å². The average Bonchev–Trinajstić information content (AvgIpc) is 3.51. The molecule has 0 radical (unpaired) electrons. The Hall–Kier alpha value is -2.67. The Labute approximate surface area is 192 Å². The number of benzene rings is 2. The Morgan fingerprint density at radius 2 is 1.81 bits per heavy atom. The van der Waals surface area contributed by atoms with Crippen LogP contribution >= 0.6 is 11.6 Å². The molecule has 2 aromatic carbocycles. The van der Waals surface area contributed by atoms with Crippen molar-refractivity contribution in [2.45, 2.75) is 25.6 Å². The number of ether oxygens (including phenoxy) is 2. The van der Waals surface area contributed by atoms with Gasteiger partial charge in [-0.25, -0.2) is 4.68 Å². The van der Waals surface area contributed by atoms with Crippen molar-refractivity contribution in [1.29, 1.82) is 0 Å². The zero-order valence-electron chi connectivity index (χ0n) is 17.8. The highest BCUT2D eigenvalue weighted by Gasteiger charge is 2.33. The third kappa shape index (κ3) is 4.58. The molecule has 0 spiro atoms. The number of halogens is 1. The number of nitrogens with zero attached hydrogens (tertiary/aromatic N) is 3. The quantitative estimate of drug-likeness (QED) is 0.578. The van der Waals surface area contributed by atoms with Crippen LogP contribution in [0.5, 0.6) is 0 Å². The first-order valence-corrected chi connectivity index (χ1v) is 11.5. The van der Waals surface area contributed by atoms with Gasteiger partial charge >= 0.3 is 0 Å². The van der Waals surface area contributed by atoms with Gasteiger partial charge in [-0.05, 0) is 37.1 Å². The molecule has 2 aliphatic heterocycles. The molecule has 3 heterocycles. The fourth-order valence-corrected chi connectivity index (χ4v) is 4.61. The molecule has 2 aliphatic rings. The summed E-state index contributed by atoms with van der Waals surface area (Å²) < 4.78 is 13.2. The Balaban J connectivity index is 1.39. The third-order valence-corrected chi connectivity index (χ3v) is 6.37. The summed E-state index contributed by atoms with van der Waals surface area (Å²) in [4.78, 5) is 15.2. The maximum absolute atomic E-state index is 13.3. The molecule has 0 N–H and O–H groups in total. The van der Waals surface area contributed by atoms with E-state index >= 15 is 0 Å². The lowest BCUT2D eigenvalue weighted by molar-refractivity contribution is -0.138. The number of amides is 1. The van der Waals surface area contributed by atoms with Crippen molar-refractivity contribution in [2.75, 3.05) is 26.3 Å². The normalized spacial score (nSPS) is 19.4. The van der Waals surface area contributed by atoms with Crippen LogP contribution in [0.15, 0.2) is 60.8 Å². The molecule has 1 unspecified atom stereocenters. The zero-order chi connectivity index (χ0) is 21.9. The van der Waals surface area contributed by atoms with Gasteiger partial charge in [0.25, 0.3) is 0 Å². The number of carbonyl (C=O) groups is 1. The molecule has 1 amide bonds. The first kappa shape index (κ1) is 21.2. The molecule has 1 atom stereocenters. The van der Waals surface area contributed by atoms with E-state index in [4.69, 9.17) is 26.2 Å². The van der Waals surface area contributed by atoms with Crippen molar-refractivity contribution in [2.24, 2.45) is 5.92 Å². The molecule has 7 heteroatoms. The number of hydrogen-bond donors (Lipinski definition) is 0. The number of hydrogen-bond acceptors (Lipinski definition) is 4. The second kappa shape index (κ2) is 9.45. The lowest BCUT2D eigenvalue weighted by Gasteiger charge is -2.34. The number of para-hydroxylation sites is 1. The van der Waals surface area contributed by atoms with Gasteiger partial charge in [-0.3, -0.25) is 4.79 Å². The van der Waals surface area contributed by atoms with Gasteiger partial charge in [-0.15, -0.1) is 0 Å². The van der Waals surface area contributed by atoms with Crippen molar-refractivity contribution in [3.8, 4) is 16.9 Å². The second-order valence-corrected chi connectivity index (χ2v) is 8.76. The van der Waals surface area contributed by atoms with Gasteiger partial charge in [0.2, 0.25) is 5.91 Å². The van der Waals surface area contributed by atoms with Crippen molar-refractivity contribution >= 4 is 17.5 Å². The molecule has 0 saturated carbocycles. The lowest BCUT2D eigenvalue weighted by atomic mass is 9.96. The summed E-state index contributed by atoms with van der Waals surface area (Å²) in [5.41, 5.74) is 3.60. The van der Waals surface area contributed by atoms with Crippen molar-refractivity contribution in [1.82, 2.24) is 14.7 Å². The third-order valence-electron chi connectivity index (χ3n) is 6.11. The number of likely N-dealkylation sites (tertiary alicyclic amines) is 1. The van der Waals surface area contributed by atoms with E-state index in [1.807, 2.05) is 70.4 Å². The highest BCUT2D eigenvalue weighted by atomic mass is 35.5. The van der Waals surface area contributed by atoms with E-state index in [1.54, 1.807) is 0 Å². The van der Waals surface area contributed by atoms with E-state index in [2.05, 4.69) is 0 Å². The highest BCUT2D eigenvalue weighted by Crippen LogP contribution is 2.28. The van der Waals surface area contributed by atoms with E-state index in [0.29, 0.717) is 31.2 Å². The number of piperidine rings is 1. The maximum Gasteiger partial charge on any atom is 0.227 e. The molecule has 0 aliphatic carbocycles. The predicted octanol–water partition coefficient (Wildman–Crippen LogP) is 4.35. The molecule has 32 heavy (non-hydrogen) atoms. The van der Waals surface area contributed by atoms with Crippen LogP contribution < -0.4 is 0 Å². The van der Waals surface area contributed by atoms with E-state index in [0.717, 1.165) is 41.9 Å². The molecule has 2 fully saturated rings. The average molecular weight is 452 g/mol. The summed E-state index contributed by atoms with van der Waals surface area (Å²) in [7, 11) is 0. The molecule has 1 aromatic heterocycles. The largest absolute Gasteiger partial charge is 0.350 e. The summed E-state index contributed by atoms with van der Waals surface area (Å²) in [5, 5.41) is 5.49. The first-order valence-electron chi connectivity index (χ1n) is 11.1. The summed E-state index contributed by atoms with van der Waals surface area (Å²) >= 11 is 6.09. The topological polar surface area (TPSA) is 56.6 Å². The molecule has 166 valence electrons. The first-order chi connectivity index (χ1) is 15.7. The molecular weight excluding hydrogens is 426 g/mol. The minimum atomic E-state index is -0.184. The SMILES string of the molecule is O=C(Cc1cn(-c2ccccc2)nc1-c1ccc(Cl)cc1)N1CCCC(C2OCCO2)C1. The summed E-state index contributed by atoms with van der Waals surface area (Å²) in [6.07, 6.45) is 4.06. The molecule has 6 nitrogen and oxygen atoms in total. The number of carbonyl (C=O) groups excluding carboxylic acids is 1. The lowest BCUT2D eigenvalue weighted by Crippen LogP contribution is -2.44. The zero-order valence-corrected chi connectivity index (χ0v) is 18.6. The van der Waals surface area contributed by atoms with Crippen LogP contribution in [0.3, 0.4) is 0 Å². The Morgan fingerprint density at radius 3 is 2.56 bits per heavy atom. The van der Waals surface area contributed by atoms with Crippen LogP contribution in [0.4, 0.5) is 0 Å². The van der Waals surface area contributed by atoms with Crippen LogP contribution in [-0.2, 0) is 20.7 Å². The Morgan fingerprint density at radius 1 is 1.06 bits per heavy atom. The van der Waals surface area contributed by atoms with E-state index in [1.165, 1.54) is 0 Å². The molecule has 0 bridgehead atoms. The highest BCUT2D eigenvalue weighted by molar-refractivity contribution is 6.30. The van der Waals surface area contributed by atoms with Crippen molar-refractivity contribution in [3.63, 3.8) is 0 Å². The van der Waals surface area contributed by atoms with E-state index < -0.39 is 0 Å². The van der Waals surface area contributed by atoms with E-state index in [-0.39, 0.29) is 18.1 Å². The minimum absolute atomic E-state index is 0.107. The van der Waals surface area contributed by atoms with Gasteiger partial charge in [0.15, 0.2) is 6.29 Å². The van der Waals surface area contributed by atoms with Gasteiger partial charge in [-0.1, -0.05) is 41.9 Å². The standard InChI is InChI=1S/C25H26ClN3O3/c26-21-10-8-18(9-11-21)24-20(17-29(27-24)22-6-2-1-3-7-22)15-23(30)28-12-4-5-19(16-28)25-31-13-14-32-25/h1-3,6-11,17,19,25H,4-5,12-16H2. The maximum atomic E-state index is 13.3. The number of aromatic nitrogens is 2. The molecule has 2 saturated heterocycles. The fraction of sp³-hybridized carbons (Fsp3) is 0.360. The fourth-order valence-electron chi connectivity index (χ4n) is 4.49.